The fraction of sp³-hybridized carbons (Fsp3) is 0.172. The molecule has 3 aromatic rings. The molecule has 0 aliphatic carbocycles. The fourth-order valence-corrected chi connectivity index (χ4v) is 5.13. The zero-order chi connectivity index (χ0) is 29.5. The number of hydrogen-bond acceptors (Lipinski definition) is 8. The number of halogens is 2. The van der Waals surface area contributed by atoms with Crippen molar-refractivity contribution in [1.29, 1.82) is 0 Å². The highest BCUT2D eigenvalue weighted by atomic mass is 127. The first-order valence-corrected chi connectivity index (χ1v) is 14.5. The van der Waals surface area contributed by atoms with Gasteiger partial charge >= 0.3 is 5.97 Å². The zero-order valence-electron chi connectivity index (χ0n) is 21.9. The van der Waals surface area contributed by atoms with E-state index in [1.165, 1.54) is 25.3 Å². The number of nitrogens with zero attached hydrogens (tertiary/aromatic N) is 1. The lowest BCUT2D eigenvalue weighted by molar-refractivity contribution is -0.127. The van der Waals surface area contributed by atoms with Crippen LogP contribution in [0.2, 0.25) is 5.02 Å². The van der Waals surface area contributed by atoms with Gasteiger partial charge in [0.2, 0.25) is 5.91 Å². The van der Waals surface area contributed by atoms with Gasteiger partial charge in [0.15, 0.2) is 11.5 Å². The Morgan fingerprint density at radius 2 is 1.80 bits per heavy atom. The van der Waals surface area contributed by atoms with Crippen LogP contribution >= 0.6 is 46.0 Å². The van der Waals surface area contributed by atoms with Crippen molar-refractivity contribution in [2.24, 2.45) is 0 Å². The van der Waals surface area contributed by atoms with Crippen molar-refractivity contribution in [3.05, 3.63) is 90.9 Å². The summed E-state index contributed by atoms with van der Waals surface area (Å²) in [6.07, 6.45) is 1.55. The minimum absolute atomic E-state index is 0.0853. The minimum atomic E-state index is -0.632. The molecule has 212 valence electrons. The van der Waals surface area contributed by atoms with E-state index >= 15 is 0 Å². The normalized spacial score (nSPS) is 13.9. The number of imide groups is 1. The van der Waals surface area contributed by atoms with E-state index in [4.69, 9.17) is 25.8 Å². The molecule has 3 amide bonds. The first kappa shape index (κ1) is 30.4. The maximum absolute atomic E-state index is 13.0. The molecule has 1 N–H and O–H groups in total. The molecule has 12 heteroatoms. The number of esters is 1. The highest BCUT2D eigenvalue weighted by molar-refractivity contribution is 14.1. The first-order valence-electron chi connectivity index (χ1n) is 12.3. The monoisotopic (exact) mass is 706 g/mol. The molecular formula is C29H24ClIN2O7S. The Kier molecular flexibility index (Phi) is 10.3. The number of carbonyl (C=O) groups excluding carboxylic acids is 4. The number of ether oxygens (including phenoxy) is 3. The van der Waals surface area contributed by atoms with Gasteiger partial charge in [-0.3, -0.25) is 19.3 Å². The van der Waals surface area contributed by atoms with Gasteiger partial charge in [-0.1, -0.05) is 29.8 Å². The maximum atomic E-state index is 13.0. The third kappa shape index (κ3) is 7.80. The van der Waals surface area contributed by atoms with E-state index in [0.717, 1.165) is 25.8 Å². The van der Waals surface area contributed by atoms with Gasteiger partial charge in [-0.05, 0) is 101 Å². The van der Waals surface area contributed by atoms with Crippen molar-refractivity contribution < 1.29 is 33.4 Å². The van der Waals surface area contributed by atoms with Gasteiger partial charge in [0, 0.05) is 9.26 Å². The van der Waals surface area contributed by atoms with Gasteiger partial charge in [0.1, 0.15) is 13.2 Å². The molecule has 0 spiro atoms. The van der Waals surface area contributed by atoms with Crippen molar-refractivity contribution in [3.8, 4) is 11.5 Å². The summed E-state index contributed by atoms with van der Waals surface area (Å²) in [6.45, 7) is 1.68. The second-order valence-corrected chi connectivity index (χ2v) is 11.2. The Hall–Kier alpha value is -3.55. The van der Waals surface area contributed by atoms with E-state index in [2.05, 4.69) is 27.9 Å². The second-order valence-electron chi connectivity index (χ2n) is 8.56. The van der Waals surface area contributed by atoms with Crippen LogP contribution in [0.1, 0.15) is 28.4 Å². The summed E-state index contributed by atoms with van der Waals surface area (Å²) < 4.78 is 17.5. The number of anilines is 1. The number of amides is 3. The van der Waals surface area contributed by atoms with Crippen molar-refractivity contribution in [1.82, 2.24) is 4.90 Å². The second kappa shape index (κ2) is 13.9. The van der Waals surface area contributed by atoms with Crippen LogP contribution in [0.15, 0.2) is 65.6 Å². The topological polar surface area (TPSA) is 111 Å². The number of nitrogens with one attached hydrogen (secondary N) is 1. The molecule has 4 rings (SSSR count). The fourth-order valence-electron chi connectivity index (χ4n) is 3.74. The Balaban J connectivity index is 1.41. The summed E-state index contributed by atoms with van der Waals surface area (Å²) in [7, 11) is 1.51. The van der Waals surface area contributed by atoms with Crippen LogP contribution < -0.4 is 14.8 Å². The predicted molar refractivity (Wildman–Crippen MR) is 165 cm³/mol. The quantitative estimate of drug-likeness (QED) is 0.147. The minimum Gasteiger partial charge on any atom is -0.493 e. The molecule has 1 fully saturated rings. The highest BCUT2D eigenvalue weighted by Gasteiger charge is 2.36. The molecule has 1 aliphatic heterocycles. The Labute approximate surface area is 259 Å². The first-order chi connectivity index (χ1) is 19.7. The van der Waals surface area contributed by atoms with Crippen molar-refractivity contribution in [3.63, 3.8) is 0 Å². The van der Waals surface area contributed by atoms with Crippen LogP contribution in [0.4, 0.5) is 10.5 Å². The lowest BCUT2D eigenvalue weighted by atomic mass is 10.1. The molecule has 0 atom stereocenters. The van der Waals surface area contributed by atoms with Gasteiger partial charge in [-0.15, -0.1) is 0 Å². The average molecular weight is 707 g/mol. The lowest BCUT2D eigenvalue weighted by Crippen LogP contribution is -2.36. The summed E-state index contributed by atoms with van der Waals surface area (Å²) in [5.41, 5.74) is 1.97. The van der Waals surface area contributed by atoms with E-state index in [9.17, 15) is 19.2 Å². The van der Waals surface area contributed by atoms with Crippen molar-refractivity contribution >= 4 is 80.7 Å². The third-order valence-electron chi connectivity index (χ3n) is 5.71. The van der Waals surface area contributed by atoms with E-state index in [-0.39, 0.29) is 27.8 Å². The smallest absolute Gasteiger partial charge is 0.339 e. The van der Waals surface area contributed by atoms with Crippen LogP contribution in [0.5, 0.6) is 11.5 Å². The average Bonchev–Trinajstić information content (AvgIpc) is 3.21. The third-order valence-corrected chi connectivity index (χ3v) is 7.67. The van der Waals surface area contributed by atoms with Gasteiger partial charge in [-0.2, -0.15) is 0 Å². The molecule has 0 bridgehead atoms. The van der Waals surface area contributed by atoms with E-state index in [1.54, 1.807) is 31.2 Å². The van der Waals surface area contributed by atoms with E-state index < -0.39 is 29.6 Å². The number of benzene rings is 3. The van der Waals surface area contributed by atoms with Crippen molar-refractivity contribution in [2.45, 2.75) is 13.5 Å². The summed E-state index contributed by atoms with van der Waals surface area (Å²) in [5.74, 6) is -0.861. The molecule has 0 saturated carbocycles. The molecule has 41 heavy (non-hydrogen) atoms. The molecule has 3 aromatic carbocycles. The van der Waals surface area contributed by atoms with Crippen LogP contribution in [0.3, 0.4) is 0 Å². The molecule has 0 aromatic heterocycles. The summed E-state index contributed by atoms with van der Waals surface area (Å²) >= 11 is 9.03. The van der Waals surface area contributed by atoms with Gasteiger partial charge in [0.05, 0.1) is 29.2 Å². The van der Waals surface area contributed by atoms with Crippen LogP contribution in [-0.2, 0) is 20.9 Å². The number of rotatable bonds is 10. The molecule has 1 saturated heterocycles. The van der Waals surface area contributed by atoms with Crippen LogP contribution in [0, 0.1) is 3.57 Å². The summed E-state index contributed by atoms with van der Waals surface area (Å²) in [5, 5.41) is 2.16. The Morgan fingerprint density at radius 1 is 1.05 bits per heavy atom. The maximum Gasteiger partial charge on any atom is 0.339 e. The number of thioether (sulfide) groups is 1. The van der Waals surface area contributed by atoms with Crippen LogP contribution in [-0.4, -0.2) is 48.2 Å². The van der Waals surface area contributed by atoms with E-state index in [1.807, 2.05) is 24.3 Å². The predicted octanol–water partition coefficient (Wildman–Crippen LogP) is 6.38. The Bertz CT molecular complexity index is 1530. The van der Waals surface area contributed by atoms with E-state index in [0.29, 0.717) is 23.7 Å². The SMILES string of the molecule is CCOC(=O)c1cc(NC(=O)CN2C(=O)S/C(=C\c3ccc(OCc4ccc(I)cc4)c(OC)c3)C2=O)ccc1Cl. The molecule has 0 radical (unpaired) electrons. The summed E-state index contributed by atoms with van der Waals surface area (Å²) in [4.78, 5) is 51.3. The number of hydrogen-bond donors (Lipinski definition) is 1. The van der Waals surface area contributed by atoms with Gasteiger partial charge in [0.25, 0.3) is 11.1 Å². The van der Waals surface area contributed by atoms with Gasteiger partial charge < -0.3 is 19.5 Å². The molecule has 0 unspecified atom stereocenters. The Morgan fingerprint density at radius 3 is 2.51 bits per heavy atom. The van der Waals surface area contributed by atoms with Crippen LogP contribution in [0.25, 0.3) is 6.08 Å². The molecule has 1 heterocycles. The standard InChI is InChI=1S/C29H24ClIN2O7S/c1-3-39-28(36)21-14-20(9-10-22(21)30)32-26(34)15-33-27(35)25(41-29(33)37)13-18-6-11-23(24(12-18)38-2)40-16-17-4-7-19(31)8-5-17/h4-14H,3,15-16H2,1-2H3,(H,32,34)/b25-13-. The van der Waals surface area contributed by atoms with Crippen molar-refractivity contribution in [2.75, 3.05) is 25.6 Å². The summed E-state index contributed by atoms with van der Waals surface area (Å²) in [6, 6.07) is 17.4. The molecule has 1 aliphatic rings. The highest BCUT2D eigenvalue weighted by Crippen LogP contribution is 2.35. The number of methoxy groups -OCH3 is 1. The molecular weight excluding hydrogens is 683 g/mol. The molecule has 9 nitrogen and oxygen atoms in total. The zero-order valence-corrected chi connectivity index (χ0v) is 25.7. The number of carbonyl (C=O) groups is 4. The van der Waals surface area contributed by atoms with Gasteiger partial charge in [-0.25, -0.2) is 4.79 Å². The lowest BCUT2D eigenvalue weighted by Gasteiger charge is -2.13. The largest absolute Gasteiger partial charge is 0.493 e.